The van der Waals surface area contributed by atoms with Gasteiger partial charge in [-0.15, -0.1) is 0 Å². The van der Waals surface area contributed by atoms with Gasteiger partial charge in [0.25, 0.3) is 5.69 Å². The van der Waals surface area contributed by atoms with E-state index < -0.39 is 11.6 Å². The number of nitro groups is 1. The van der Waals surface area contributed by atoms with E-state index in [1.807, 2.05) is 0 Å². The quantitative estimate of drug-likeness (QED) is 0.446. The summed E-state index contributed by atoms with van der Waals surface area (Å²) in [5, 5.41) is 10.4. The Hall–Kier alpha value is -1.36. The Bertz CT molecular complexity index is 359. The van der Waals surface area contributed by atoms with Gasteiger partial charge in [0.2, 0.25) is 0 Å². The Labute approximate surface area is 90.8 Å². The predicted molar refractivity (Wildman–Crippen MR) is 54.2 cm³/mol. The molecule has 0 spiro atoms. The lowest BCUT2D eigenvalue weighted by molar-refractivity contribution is -0.384. The summed E-state index contributed by atoms with van der Waals surface area (Å²) in [5.74, 6) is 0.402. The largest absolute Gasteiger partial charge is 0.493 e. The average molecular weight is 234 g/mol. The van der Waals surface area contributed by atoms with Crippen molar-refractivity contribution < 1.29 is 14.1 Å². The maximum absolute atomic E-state index is 11.7. The van der Waals surface area contributed by atoms with Gasteiger partial charge in [0, 0.05) is 18.6 Å². The molecular weight excluding hydrogens is 225 g/mol. The van der Waals surface area contributed by atoms with Gasteiger partial charge >= 0.3 is 0 Å². The summed E-state index contributed by atoms with van der Waals surface area (Å²) >= 11 is 5.64. The Morgan fingerprint density at radius 3 is 2.80 bits per heavy atom. The second-order valence-corrected chi connectivity index (χ2v) is 3.17. The molecule has 1 aromatic carbocycles. The molecule has 0 atom stereocenters. The van der Waals surface area contributed by atoms with Crippen molar-refractivity contribution in [3.05, 3.63) is 33.3 Å². The van der Waals surface area contributed by atoms with E-state index in [9.17, 15) is 14.5 Å². The molecule has 0 fully saturated rings. The molecule has 0 heterocycles. The second kappa shape index (κ2) is 5.50. The number of hydrogen-bond donors (Lipinski definition) is 0. The van der Waals surface area contributed by atoms with Crippen molar-refractivity contribution in [1.82, 2.24) is 0 Å². The number of rotatable bonds is 5. The van der Waals surface area contributed by atoms with Gasteiger partial charge in [0.05, 0.1) is 18.2 Å². The van der Waals surface area contributed by atoms with Gasteiger partial charge in [0.15, 0.2) is 0 Å². The molecule has 0 N–H and O–H groups in total. The molecule has 0 amide bonds. The first-order valence-corrected chi connectivity index (χ1v) is 4.65. The summed E-state index contributed by atoms with van der Waals surface area (Å²) < 4.78 is 16.9. The van der Waals surface area contributed by atoms with Crippen LogP contribution in [0.1, 0.15) is 6.42 Å². The Morgan fingerprint density at radius 2 is 2.27 bits per heavy atom. The highest BCUT2D eigenvalue weighted by atomic mass is 35.5. The van der Waals surface area contributed by atoms with Crippen molar-refractivity contribution in [2.75, 3.05) is 13.3 Å². The fourth-order valence-electron chi connectivity index (χ4n) is 0.970. The molecule has 4 nitrogen and oxygen atoms in total. The molecule has 0 radical (unpaired) electrons. The number of benzene rings is 1. The van der Waals surface area contributed by atoms with Crippen LogP contribution in [-0.2, 0) is 0 Å². The molecule has 0 aliphatic heterocycles. The van der Waals surface area contributed by atoms with Crippen LogP contribution < -0.4 is 4.74 Å². The van der Waals surface area contributed by atoms with Gasteiger partial charge in [-0.25, -0.2) is 0 Å². The van der Waals surface area contributed by atoms with E-state index in [1.54, 1.807) is 0 Å². The van der Waals surface area contributed by atoms with Gasteiger partial charge in [0.1, 0.15) is 10.8 Å². The van der Waals surface area contributed by atoms with Crippen LogP contribution in [-0.4, -0.2) is 18.2 Å². The smallest absolute Gasteiger partial charge is 0.288 e. The summed E-state index contributed by atoms with van der Waals surface area (Å²) in [6.07, 6.45) is 0.286. The lowest BCUT2D eigenvalue weighted by Gasteiger charge is -2.04. The molecule has 15 heavy (non-hydrogen) atoms. The van der Waals surface area contributed by atoms with Crippen molar-refractivity contribution in [3.63, 3.8) is 0 Å². The third-order valence-corrected chi connectivity index (χ3v) is 1.97. The van der Waals surface area contributed by atoms with Gasteiger partial charge in [-0.2, -0.15) is 0 Å². The van der Waals surface area contributed by atoms with Crippen molar-refractivity contribution in [1.29, 1.82) is 0 Å². The highest BCUT2D eigenvalue weighted by Crippen LogP contribution is 2.28. The van der Waals surface area contributed by atoms with E-state index in [0.717, 1.165) is 0 Å². The van der Waals surface area contributed by atoms with Gasteiger partial charge in [-0.3, -0.25) is 14.5 Å². The van der Waals surface area contributed by atoms with Crippen LogP contribution in [0.2, 0.25) is 5.02 Å². The maximum atomic E-state index is 11.7. The molecule has 0 aromatic heterocycles. The van der Waals surface area contributed by atoms with E-state index >= 15 is 0 Å². The zero-order chi connectivity index (χ0) is 11.3. The highest BCUT2D eigenvalue weighted by Gasteiger charge is 2.12. The van der Waals surface area contributed by atoms with Crippen LogP contribution in [0.4, 0.5) is 10.1 Å². The molecular formula is C9H9ClFNO3. The lowest BCUT2D eigenvalue weighted by Crippen LogP contribution is -1.98. The minimum absolute atomic E-state index is 0.0118. The molecule has 1 aromatic rings. The maximum Gasteiger partial charge on any atom is 0.288 e. The minimum Gasteiger partial charge on any atom is -0.493 e. The zero-order valence-corrected chi connectivity index (χ0v) is 8.54. The molecule has 0 aliphatic carbocycles. The van der Waals surface area contributed by atoms with E-state index in [0.29, 0.717) is 5.75 Å². The van der Waals surface area contributed by atoms with Crippen LogP contribution in [0, 0.1) is 10.1 Å². The summed E-state index contributed by atoms with van der Waals surface area (Å²) in [7, 11) is 0. The van der Waals surface area contributed by atoms with E-state index in [4.69, 9.17) is 16.3 Å². The number of halogens is 2. The van der Waals surface area contributed by atoms with Gasteiger partial charge in [-0.1, -0.05) is 11.6 Å². The molecule has 6 heteroatoms. The summed E-state index contributed by atoms with van der Waals surface area (Å²) in [5.41, 5.74) is -0.172. The number of alkyl halides is 1. The topological polar surface area (TPSA) is 52.4 Å². The van der Waals surface area contributed by atoms with E-state index in [1.165, 1.54) is 18.2 Å². The second-order valence-electron chi connectivity index (χ2n) is 2.76. The molecule has 1 rings (SSSR count). The molecule has 0 aliphatic rings. The summed E-state index contributed by atoms with van der Waals surface area (Å²) in [6, 6.07) is 4.03. The number of nitrogens with zero attached hydrogens (tertiary/aromatic N) is 1. The molecule has 0 saturated heterocycles. The third kappa shape index (κ3) is 3.36. The molecule has 0 saturated carbocycles. The van der Waals surface area contributed by atoms with Crippen molar-refractivity contribution >= 4 is 17.3 Å². The standard InChI is InChI=1S/C9H9ClFNO3/c10-8-6-7(15-5-1-4-11)2-3-9(8)12(13)14/h2-3,6H,1,4-5H2. The molecule has 82 valence electrons. The van der Waals surface area contributed by atoms with Crippen LogP contribution in [0.25, 0.3) is 0 Å². The Kier molecular flexibility index (Phi) is 4.30. The molecule has 0 unspecified atom stereocenters. The van der Waals surface area contributed by atoms with Crippen LogP contribution in [0.3, 0.4) is 0 Å². The van der Waals surface area contributed by atoms with Crippen LogP contribution in [0.15, 0.2) is 18.2 Å². The van der Waals surface area contributed by atoms with Crippen molar-refractivity contribution in [2.24, 2.45) is 0 Å². The first kappa shape index (κ1) is 11.7. The number of ether oxygens (including phenoxy) is 1. The fourth-order valence-corrected chi connectivity index (χ4v) is 1.21. The summed E-state index contributed by atoms with van der Waals surface area (Å²) in [6.45, 7) is -0.231. The van der Waals surface area contributed by atoms with Crippen molar-refractivity contribution in [3.8, 4) is 5.75 Å². The minimum atomic E-state index is -0.576. The zero-order valence-electron chi connectivity index (χ0n) is 7.78. The monoisotopic (exact) mass is 233 g/mol. The first-order chi connectivity index (χ1) is 7.15. The van der Waals surface area contributed by atoms with Gasteiger partial charge in [-0.05, 0) is 6.07 Å². The number of nitro benzene ring substituents is 1. The molecule has 0 bridgehead atoms. The third-order valence-electron chi connectivity index (χ3n) is 1.66. The Balaban J connectivity index is 2.69. The van der Waals surface area contributed by atoms with Crippen molar-refractivity contribution in [2.45, 2.75) is 6.42 Å². The SMILES string of the molecule is O=[N+]([O-])c1ccc(OCCCF)cc1Cl. The normalized spacial score (nSPS) is 10.0. The predicted octanol–water partition coefficient (Wildman–Crippen LogP) is 2.99. The van der Waals surface area contributed by atoms with E-state index in [-0.39, 0.29) is 23.7 Å². The Morgan fingerprint density at radius 1 is 1.53 bits per heavy atom. The fraction of sp³-hybridized carbons (Fsp3) is 0.333. The average Bonchev–Trinajstić information content (AvgIpc) is 2.17. The number of hydrogen-bond acceptors (Lipinski definition) is 3. The summed E-state index contributed by atoms with van der Waals surface area (Å²) in [4.78, 5) is 9.85. The first-order valence-electron chi connectivity index (χ1n) is 4.28. The van der Waals surface area contributed by atoms with Crippen LogP contribution in [0.5, 0.6) is 5.75 Å². The van der Waals surface area contributed by atoms with E-state index in [2.05, 4.69) is 0 Å². The highest BCUT2D eigenvalue weighted by molar-refractivity contribution is 6.32. The van der Waals surface area contributed by atoms with Gasteiger partial charge < -0.3 is 4.74 Å². The lowest BCUT2D eigenvalue weighted by atomic mass is 10.3. The van der Waals surface area contributed by atoms with Crippen LogP contribution >= 0.6 is 11.6 Å².